The molecule has 1 unspecified atom stereocenters. The summed E-state index contributed by atoms with van der Waals surface area (Å²) in [5, 5.41) is 20.1. The molecule has 2 atom stereocenters. The van der Waals surface area contributed by atoms with Crippen molar-refractivity contribution >= 4 is 12.1 Å². The van der Waals surface area contributed by atoms with Crippen LogP contribution in [0.2, 0.25) is 0 Å². The van der Waals surface area contributed by atoms with Crippen molar-refractivity contribution in [3.05, 3.63) is 0 Å². The summed E-state index contributed by atoms with van der Waals surface area (Å²) in [5.41, 5.74) is -0.665. The summed E-state index contributed by atoms with van der Waals surface area (Å²) in [6, 6.07) is -1.01. The first-order valence-corrected chi connectivity index (χ1v) is 6.00. The second-order valence-electron chi connectivity index (χ2n) is 5.31. The average Bonchev–Trinajstić information content (AvgIpc) is 2.19. The molecule has 0 bridgehead atoms. The molecule has 0 fully saturated rings. The Morgan fingerprint density at radius 2 is 1.89 bits per heavy atom. The molecule has 6 heteroatoms. The first kappa shape index (κ1) is 16.7. The van der Waals surface area contributed by atoms with E-state index in [1.165, 1.54) is 0 Å². The molecular weight excluding hydrogens is 238 g/mol. The molecule has 106 valence electrons. The number of alkyl carbamates (subject to hydrolysis) is 1. The van der Waals surface area contributed by atoms with E-state index in [1.54, 1.807) is 27.7 Å². The van der Waals surface area contributed by atoms with Crippen LogP contribution in [-0.2, 0) is 9.53 Å². The number of carbonyl (C=O) groups excluding carboxylic acids is 1. The maximum atomic E-state index is 11.5. The summed E-state index contributed by atoms with van der Waals surface area (Å²) in [4.78, 5) is 22.6. The van der Waals surface area contributed by atoms with Crippen LogP contribution >= 0.6 is 0 Å². The van der Waals surface area contributed by atoms with Crippen molar-refractivity contribution in [2.45, 2.75) is 52.2 Å². The highest BCUT2D eigenvalue weighted by molar-refractivity contribution is 5.80. The molecule has 0 saturated heterocycles. The highest BCUT2D eigenvalue weighted by Gasteiger charge is 2.28. The van der Waals surface area contributed by atoms with E-state index in [0.717, 1.165) is 0 Å². The average molecular weight is 261 g/mol. The number of ether oxygens (including phenoxy) is 1. The monoisotopic (exact) mass is 261 g/mol. The van der Waals surface area contributed by atoms with Gasteiger partial charge in [0.15, 0.2) is 0 Å². The molecule has 0 rings (SSSR count). The van der Waals surface area contributed by atoms with E-state index in [0.29, 0.717) is 12.8 Å². The van der Waals surface area contributed by atoms with Crippen molar-refractivity contribution in [2.75, 3.05) is 6.61 Å². The van der Waals surface area contributed by atoms with Gasteiger partial charge in [-0.15, -0.1) is 0 Å². The molecule has 0 aromatic carbocycles. The Morgan fingerprint density at radius 1 is 1.33 bits per heavy atom. The van der Waals surface area contributed by atoms with Gasteiger partial charge in [0.2, 0.25) is 0 Å². The summed E-state index contributed by atoms with van der Waals surface area (Å²) in [6.45, 7) is 6.83. The van der Waals surface area contributed by atoms with E-state index in [9.17, 15) is 9.59 Å². The van der Waals surface area contributed by atoms with Crippen LogP contribution in [0.15, 0.2) is 0 Å². The number of aliphatic hydroxyl groups excluding tert-OH is 1. The van der Waals surface area contributed by atoms with Gasteiger partial charge in [0, 0.05) is 6.61 Å². The lowest BCUT2D eigenvalue weighted by molar-refractivity contribution is -0.140. The quantitative estimate of drug-likeness (QED) is 0.671. The van der Waals surface area contributed by atoms with Crippen molar-refractivity contribution in [1.82, 2.24) is 5.32 Å². The number of aliphatic carboxylic acids is 1. The third-order valence-corrected chi connectivity index (χ3v) is 2.32. The molecule has 18 heavy (non-hydrogen) atoms. The van der Waals surface area contributed by atoms with E-state index in [2.05, 4.69) is 5.32 Å². The topological polar surface area (TPSA) is 95.9 Å². The van der Waals surface area contributed by atoms with Gasteiger partial charge < -0.3 is 20.3 Å². The van der Waals surface area contributed by atoms with Gasteiger partial charge >= 0.3 is 12.1 Å². The number of carboxylic acids is 1. The van der Waals surface area contributed by atoms with Crippen molar-refractivity contribution in [3.63, 3.8) is 0 Å². The fourth-order valence-corrected chi connectivity index (χ4v) is 1.46. The Balaban J connectivity index is 4.44. The zero-order valence-electron chi connectivity index (χ0n) is 11.4. The van der Waals surface area contributed by atoms with Crippen LogP contribution in [0, 0.1) is 5.92 Å². The third-order valence-electron chi connectivity index (χ3n) is 2.32. The SMILES string of the molecule is CC(CCCO)[C@H](NC(=O)OC(C)(C)C)C(=O)O. The highest BCUT2D eigenvalue weighted by atomic mass is 16.6. The van der Waals surface area contributed by atoms with Gasteiger partial charge in [-0.1, -0.05) is 6.92 Å². The van der Waals surface area contributed by atoms with E-state index >= 15 is 0 Å². The number of carboxylic acid groups (broad SMARTS) is 1. The summed E-state index contributed by atoms with van der Waals surface area (Å²) >= 11 is 0. The van der Waals surface area contributed by atoms with Gasteiger partial charge in [0.25, 0.3) is 0 Å². The van der Waals surface area contributed by atoms with Gasteiger partial charge in [-0.2, -0.15) is 0 Å². The number of carbonyl (C=O) groups is 2. The fraction of sp³-hybridized carbons (Fsp3) is 0.833. The largest absolute Gasteiger partial charge is 0.480 e. The molecular formula is C12H23NO5. The zero-order chi connectivity index (χ0) is 14.3. The summed E-state index contributed by atoms with van der Waals surface area (Å²) in [6.07, 6.45) is 0.273. The van der Waals surface area contributed by atoms with E-state index < -0.39 is 23.7 Å². The molecule has 1 amide bonds. The van der Waals surface area contributed by atoms with Crippen molar-refractivity contribution < 1.29 is 24.5 Å². The standard InChI is InChI=1S/C12H23NO5/c1-8(6-5-7-14)9(10(15)16)13-11(17)18-12(2,3)4/h8-9,14H,5-7H2,1-4H3,(H,13,17)(H,15,16)/t8?,9-/m0/s1. The molecule has 0 saturated carbocycles. The van der Waals surface area contributed by atoms with E-state index in [-0.39, 0.29) is 12.5 Å². The van der Waals surface area contributed by atoms with Crippen LogP contribution in [0.3, 0.4) is 0 Å². The van der Waals surface area contributed by atoms with Crippen LogP contribution in [-0.4, -0.2) is 40.5 Å². The highest BCUT2D eigenvalue weighted by Crippen LogP contribution is 2.13. The summed E-state index contributed by atoms with van der Waals surface area (Å²) in [7, 11) is 0. The molecule has 0 aromatic heterocycles. The number of hydrogen-bond acceptors (Lipinski definition) is 4. The second kappa shape index (κ2) is 7.20. The number of nitrogens with one attached hydrogen (secondary N) is 1. The van der Waals surface area contributed by atoms with Crippen molar-refractivity contribution in [1.29, 1.82) is 0 Å². The summed E-state index contributed by atoms with van der Waals surface area (Å²) < 4.78 is 5.01. The van der Waals surface area contributed by atoms with Gasteiger partial charge in [-0.25, -0.2) is 9.59 Å². The minimum absolute atomic E-state index is 0.00309. The number of aliphatic hydroxyl groups is 1. The second-order valence-corrected chi connectivity index (χ2v) is 5.31. The smallest absolute Gasteiger partial charge is 0.408 e. The third kappa shape index (κ3) is 7.11. The zero-order valence-corrected chi connectivity index (χ0v) is 11.4. The molecule has 0 aromatic rings. The molecule has 0 aliphatic rings. The van der Waals surface area contributed by atoms with E-state index in [4.69, 9.17) is 14.9 Å². The Morgan fingerprint density at radius 3 is 2.28 bits per heavy atom. The lowest BCUT2D eigenvalue weighted by atomic mass is 9.97. The van der Waals surface area contributed by atoms with Gasteiger partial charge in [0.1, 0.15) is 11.6 Å². The van der Waals surface area contributed by atoms with Crippen LogP contribution in [0.5, 0.6) is 0 Å². The molecule has 0 spiro atoms. The van der Waals surface area contributed by atoms with Gasteiger partial charge in [-0.3, -0.25) is 0 Å². The van der Waals surface area contributed by atoms with E-state index in [1.807, 2.05) is 0 Å². The maximum Gasteiger partial charge on any atom is 0.408 e. The van der Waals surface area contributed by atoms with Gasteiger partial charge in [0.05, 0.1) is 0 Å². The Hall–Kier alpha value is -1.30. The first-order valence-electron chi connectivity index (χ1n) is 6.00. The Kier molecular flexibility index (Phi) is 6.68. The van der Waals surface area contributed by atoms with Crippen molar-refractivity contribution in [3.8, 4) is 0 Å². The molecule has 6 nitrogen and oxygen atoms in total. The minimum atomic E-state index is -1.11. The lowest BCUT2D eigenvalue weighted by Crippen LogP contribution is -2.47. The number of rotatable bonds is 6. The minimum Gasteiger partial charge on any atom is -0.480 e. The molecule has 0 heterocycles. The number of hydrogen-bond donors (Lipinski definition) is 3. The Labute approximate surface area is 107 Å². The number of amides is 1. The predicted molar refractivity (Wildman–Crippen MR) is 66.3 cm³/mol. The van der Waals surface area contributed by atoms with Gasteiger partial charge in [-0.05, 0) is 39.5 Å². The maximum absolute atomic E-state index is 11.5. The fourth-order valence-electron chi connectivity index (χ4n) is 1.46. The lowest BCUT2D eigenvalue weighted by Gasteiger charge is -2.24. The van der Waals surface area contributed by atoms with Crippen LogP contribution in [0.4, 0.5) is 4.79 Å². The summed E-state index contributed by atoms with van der Waals surface area (Å²) in [5.74, 6) is -1.38. The Bertz CT molecular complexity index is 285. The first-order chi connectivity index (χ1) is 8.17. The molecule has 3 N–H and O–H groups in total. The molecule has 0 aliphatic heterocycles. The molecule has 0 aliphatic carbocycles. The molecule has 0 radical (unpaired) electrons. The van der Waals surface area contributed by atoms with Crippen LogP contribution in [0.1, 0.15) is 40.5 Å². The normalized spacial score (nSPS) is 14.7. The predicted octanol–water partition coefficient (Wildman–Crippen LogP) is 1.37. The van der Waals surface area contributed by atoms with Crippen molar-refractivity contribution in [2.24, 2.45) is 5.92 Å². The van der Waals surface area contributed by atoms with Crippen LogP contribution < -0.4 is 5.32 Å². The van der Waals surface area contributed by atoms with Crippen LogP contribution in [0.25, 0.3) is 0 Å².